The molecule has 1 aromatic carbocycles. The second-order valence-corrected chi connectivity index (χ2v) is 5.61. The fraction of sp³-hybridized carbons (Fsp3) is 0.467. The number of hydrogen-bond acceptors (Lipinski definition) is 2. The molecule has 1 saturated carbocycles. The summed E-state index contributed by atoms with van der Waals surface area (Å²) in [4.78, 5) is 23.4. The summed E-state index contributed by atoms with van der Waals surface area (Å²) < 4.78 is 0. The molecule has 0 bridgehead atoms. The van der Waals surface area contributed by atoms with Gasteiger partial charge in [-0.25, -0.2) is 4.79 Å². The molecule has 0 radical (unpaired) electrons. The molecule has 0 aromatic heterocycles. The second kappa shape index (κ2) is 6.75. The summed E-state index contributed by atoms with van der Waals surface area (Å²) in [6, 6.07) is 4.40. The highest BCUT2D eigenvalue weighted by atomic mass is 35.5. The Morgan fingerprint density at radius 2 is 1.80 bits per heavy atom. The third kappa shape index (κ3) is 3.73. The minimum Gasteiger partial charge on any atom is -0.478 e. The number of halogens is 1. The van der Waals surface area contributed by atoms with Crippen LogP contribution in [0.5, 0.6) is 0 Å². The molecule has 1 aromatic rings. The van der Waals surface area contributed by atoms with Crippen molar-refractivity contribution in [1.82, 2.24) is 0 Å². The topological polar surface area (TPSA) is 66.4 Å². The fourth-order valence-corrected chi connectivity index (χ4v) is 2.75. The van der Waals surface area contributed by atoms with Crippen LogP contribution in [0.25, 0.3) is 0 Å². The van der Waals surface area contributed by atoms with Gasteiger partial charge in [0, 0.05) is 10.9 Å². The first-order valence-corrected chi connectivity index (χ1v) is 7.29. The molecule has 0 aliphatic heterocycles. The normalized spacial score (nSPS) is 16.4. The number of anilines is 1. The number of nitrogens with one attached hydrogen (secondary N) is 1. The molecular formula is C15H18ClNO3. The molecule has 1 amide bonds. The lowest BCUT2D eigenvalue weighted by Crippen LogP contribution is -2.23. The van der Waals surface area contributed by atoms with Gasteiger partial charge in [-0.2, -0.15) is 0 Å². The molecule has 108 valence electrons. The van der Waals surface area contributed by atoms with Gasteiger partial charge in [-0.15, -0.1) is 0 Å². The molecule has 0 spiro atoms. The van der Waals surface area contributed by atoms with Crippen molar-refractivity contribution in [2.45, 2.75) is 38.5 Å². The zero-order valence-electron chi connectivity index (χ0n) is 11.2. The number of carbonyl (C=O) groups is 2. The average molecular weight is 296 g/mol. The Labute approximate surface area is 123 Å². The van der Waals surface area contributed by atoms with E-state index in [0.717, 1.165) is 25.7 Å². The molecule has 20 heavy (non-hydrogen) atoms. The standard InChI is InChI=1S/C15H18ClNO3/c16-11-7-8-12(15(19)20)13(9-11)17-14(18)10-5-3-1-2-4-6-10/h7-10H,1-6H2,(H,17,18)(H,19,20). The molecular weight excluding hydrogens is 278 g/mol. The summed E-state index contributed by atoms with van der Waals surface area (Å²) in [6.45, 7) is 0. The van der Waals surface area contributed by atoms with E-state index in [1.54, 1.807) is 0 Å². The zero-order valence-corrected chi connectivity index (χ0v) is 11.9. The van der Waals surface area contributed by atoms with Crippen molar-refractivity contribution in [3.63, 3.8) is 0 Å². The van der Waals surface area contributed by atoms with Gasteiger partial charge in [-0.05, 0) is 31.0 Å². The number of aromatic carboxylic acids is 1. The van der Waals surface area contributed by atoms with Gasteiger partial charge in [0.15, 0.2) is 0 Å². The predicted octanol–water partition coefficient (Wildman–Crippen LogP) is 3.95. The van der Waals surface area contributed by atoms with E-state index in [9.17, 15) is 9.59 Å². The van der Waals surface area contributed by atoms with E-state index in [0.29, 0.717) is 5.02 Å². The highest BCUT2D eigenvalue weighted by Crippen LogP contribution is 2.26. The zero-order chi connectivity index (χ0) is 14.5. The number of amides is 1. The number of rotatable bonds is 3. The number of carboxylic acids is 1. The van der Waals surface area contributed by atoms with Crippen LogP contribution in [-0.2, 0) is 4.79 Å². The van der Waals surface area contributed by atoms with Crippen LogP contribution in [0, 0.1) is 5.92 Å². The Morgan fingerprint density at radius 3 is 2.40 bits per heavy atom. The van der Waals surface area contributed by atoms with E-state index in [4.69, 9.17) is 16.7 Å². The number of benzene rings is 1. The van der Waals surface area contributed by atoms with Crippen molar-refractivity contribution in [3.8, 4) is 0 Å². The Bertz CT molecular complexity index is 508. The van der Waals surface area contributed by atoms with Crippen LogP contribution in [0.4, 0.5) is 5.69 Å². The lowest BCUT2D eigenvalue weighted by Gasteiger charge is -2.15. The van der Waals surface area contributed by atoms with E-state index in [2.05, 4.69) is 5.32 Å². The van der Waals surface area contributed by atoms with E-state index in [-0.39, 0.29) is 23.1 Å². The van der Waals surface area contributed by atoms with Crippen LogP contribution in [0.15, 0.2) is 18.2 Å². The maximum atomic E-state index is 12.3. The summed E-state index contributed by atoms with van der Waals surface area (Å²) in [5, 5.41) is 12.3. The minimum absolute atomic E-state index is 0.0295. The van der Waals surface area contributed by atoms with Crippen molar-refractivity contribution < 1.29 is 14.7 Å². The Balaban J connectivity index is 2.14. The summed E-state index contributed by atoms with van der Waals surface area (Å²) in [5.74, 6) is -1.20. The van der Waals surface area contributed by atoms with Crippen molar-refractivity contribution in [2.75, 3.05) is 5.32 Å². The first-order chi connectivity index (χ1) is 9.58. The molecule has 0 unspecified atom stereocenters. The molecule has 0 saturated heterocycles. The molecule has 4 nitrogen and oxygen atoms in total. The Hall–Kier alpha value is -1.55. The quantitative estimate of drug-likeness (QED) is 0.830. The van der Waals surface area contributed by atoms with Crippen molar-refractivity contribution in [2.24, 2.45) is 5.92 Å². The van der Waals surface area contributed by atoms with Gasteiger partial charge in [0.25, 0.3) is 0 Å². The molecule has 0 atom stereocenters. The van der Waals surface area contributed by atoms with E-state index < -0.39 is 5.97 Å². The van der Waals surface area contributed by atoms with E-state index in [1.165, 1.54) is 31.0 Å². The first kappa shape index (κ1) is 14.9. The van der Waals surface area contributed by atoms with Crippen molar-refractivity contribution in [3.05, 3.63) is 28.8 Å². The van der Waals surface area contributed by atoms with Gasteiger partial charge in [0.05, 0.1) is 11.3 Å². The summed E-state index contributed by atoms with van der Waals surface area (Å²) in [6.07, 6.45) is 6.19. The van der Waals surface area contributed by atoms with Crippen LogP contribution >= 0.6 is 11.6 Å². The van der Waals surface area contributed by atoms with Gasteiger partial charge in [-0.3, -0.25) is 4.79 Å². The van der Waals surface area contributed by atoms with Crippen molar-refractivity contribution in [1.29, 1.82) is 0 Å². The summed E-state index contributed by atoms with van der Waals surface area (Å²) in [7, 11) is 0. The van der Waals surface area contributed by atoms with Gasteiger partial charge in [0.1, 0.15) is 0 Å². The van der Waals surface area contributed by atoms with Crippen LogP contribution in [0.1, 0.15) is 48.9 Å². The Morgan fingerprint density at radius 1 is 1.15 bits per heavy atom. The smallest absolute Gasteiger partial charge is 0.337 e. The fourth-order valence-electron chi connectivity index (χ4n) is 2.58. The first-order valence-electron chi connectivity index (χ1n) is 6.91. The monoisotopic (exact) mass is 295 g/mol. The predicted molar refractivity (Wildman–Crippen MR) is 78.2 cm³/mol. The molecule has 1 aliphatic carbocycles. The van der Waals surface area contributed by atoms with Crippen molar-refractivity contribution >= 4 is 29.2 Å². The third-order valence-corrected chi connectivity index (χ3v) is 3.93. The van der Waals surface area contributed by atoms with Crippen LogP contribution in [-0.4, -0.2) is 17.0 Å². The SMILES string of the molecule is O=C(O)c1ccc(Cl)cc1NC(=O)C1CCCCCC1. The Kier molecular flexibility index (Phi) is 5.01. The van der Waals surface area contributed by atoms with Crippen LogP contribution in [0.2, 0.25) is 5.02 Å². The third-order valence-electron chi connectivity index (χ3n) is 3.70. The van der Waals surface area contributed by atoms with Gasteiger partial charge in [-0.1, -0.05) is 37.3 Å². The molecule has 2 N–H and O–H groups in total. The van der Waals surface area contributed by atoms with Gasteiger partial charge >= 0.3 is 5.97 Å². The van der Waals surface area contributed by atoms with Gasteiger partial charge in [0.2, 0.25) is 5.91 Å². The molecule has 2 rings (SSSR count). The molecule has 0 heterocycles. The lowest BCUT2D eigenvalue weighted by molar-refractivity contribution is -0.120. The van der Waals surface area contributed by atoms with Gasteiger partial charge < -0.3 is 10.4 Å². The van der Waals surface area contributed by atoms with Crippen LogP contribution < -0.4 is 5.32 Å². The van der Waals surface area contributed by atoms with E-state index in [1.807, 2.05) is 0 Å². The summed E-state index contributed by atoms with van der Waals surface area (Å²) in [5.41, 5.74) is 0.343. The molecule has 1 fully saturated rings. The maximum Gasteiger partial charge on any atom is 0.337 e. The highest BCUT2D eigenvalue weighted by Gasteiger charge is 2.21. The maximum absolute atomic E-state index is 12.3. The van der Waals surface area contributed by atoms with E-state index >= 15 is 0 Å². The van der Waals surface area contributed by atoms with Crippen LogP contribution in [0.3, 0.4) is 0 Å². The number of hydrogen-bond donors (Lipinski definition) is 2. The number of carboxylic acid groups (broad SMARTS) is 1. The molecule has 5 heteroatoms. The highest BCUT2D eigenvalue weighted by molar-refractivity contribution is 6.31. The second-order valence-electron chi connectivity index (χ2n) is 5.17. The number of carbonyl (C=O) groups excluding carboxylic acids is 1. The molecule has 1 aliphatic rings. The largest absolute Gasteiger partial charge is 0.478 e. The lowest BCUT2D eigenvalue weighted by atomic mass is 9.99. The minimum atomic E-state index is -1.07. The summed E-state index contributed by atoms with van der Waals surface area (Å²) >= 11 is 5.87. The average Bonchev–Trinajstić information content (AvgIpc) is 2.67.